The first-order valence-electron chi connectivity index (χ1n) is 7.40. The number of hydrogen-bond acceptors (Lipinski definition) is 4. The van der Waals surface area contributed by atoms with E-state index in [1.807, 2.05) is 6.07 Å². The normalized spacial score (nSPS) is 11.5. The van der Waals surface area contributed by atoms with Crippen LogP contribution in [0.2, 0.25) is 0 Å². The molecule has 6 heteroatoms. The lowest BCUT2D eigenvalue weighted by molar-refractivity contribution is -0.155. The molecule has 0 radical (unpaired) electrons. The maximum atomic E-state index is 13.4. The van der Waals surface area contributed by atoms with Crippen LogP contribution in [-0.4, -0.2) is 24.6 Å². The quantitative estimate of drug-likeness (QED) is 0.826. The Kier molecular flexibility index (Phi) is 5.89. The molecule has 1 amide bonds. The molecule has 0 saturated carbocycles. The van der Waals surface area contributed by atoms with Crippen LogP contribution >= 0.6 is 0 Å². The number of halogens is 1. The number of carbonyl (C=O) groups is 2. The summed E-state index contributed by atoms with van der Waals surface area (Å²) in [5.74, 6) is -1.11. The van der Waals surface area contributed by atoms with E-state index in [4.69, 9.17) is 9.47 Å². The zero-order valence-electron chi connectivity index (χ0n) is 13.4. The SMILES string of the molecule is Cc1ccc(NC(=O)C(C)OC(=O)COc2ccccc2)cc1F. The molecule has 0 saturated heterocycles. The van der Waals surface area contributed by atoms with Crippen LogP contribution in [0.3, 0.4) is 0 Å². The molecule has 2 aromatic rings. The molecule has 2 rings (SSSR count). The number of para-hydroxylation sites is 1. The van der Waals surface area contributed by atoms with Crippen LogP contribution in [0.5, 0.6) is 5.75 Å². The lowest BCUT2D eigenvalue weighted by atomic mass is 10.2. The third-order valence-corrected chi connectivity index (χ3v) is 3.22. The predicted octanol–water partition coefficient (Wildman–Crippen LogP) is 3.08. The van der Waals surface area contributed by atoms with Gasteiger partial charge in [0, 0.05) is 5.69 Å². The van der Waals surface area contributed by atoms with Crippen molar-refractivity contribution in [1.29, 1.82) is 0 Å². The largest absolute Gasteiger partial charge is 0.482 e. The van der Waals surface area contributed by atoms with Crippen molar-refractivity contribution in [2.45, 2.75) is 20.0 Å². The van der Waals surface area contributed by atoms with Crippen molar-refractivity contribution in [1.82, 2.24) is 0 Å². The lowest BCUT2D eigenvalue weighted by Crippen LogP contribution is -2.31. The third kappa shape index (κ3) is 5.08. The van der Waals surface area contributed by atoms with E-state index in [0.29, 0.717) is 17.0 Å². The maximum Gasteiger partial charge on any atom is 0.344 e. The van der Waals surface area contributed by atoms with E-state index in [1.54, 1.807) is 43.3 Å². The second-order valence-electron chi connectivity index (χ2n) is 5.19. The molecule has 0 aliphatic heterocycles. The highest BCUT2D eigenvalue weighted by atomic mass is 19.1. The minimum Gasteiger partial charge on any atom is -0.482 e. The molecule has 1 atom stereocenters. The number of aryl methyl sites for hydroxylation is 1. The van der Waals surface area contributed by atoms with Crippen molar-refractivity contribution in [3.63, 3.8) is 0 Å². The fraction of sp³-hybridized carbons (Fsp3) is 0.222. The van der Waals surface area contributed by atoms with Gasteiger partial charge >= 0.3 is 5.97 Å². The first-order valence-corrected chi connectivity index (χ1v) is 7.40. The van der Waals surface area contributed by atoms with E-state index in [-0.39, 0.29) is 6.61 Å². The van der Waals surface area contributed by atoms with Crippen LogP contribution in [-0.2, 0) is 14.3 Å². The van der Waals surface area contributed by atoms with Crippen LogP contribution in [0, 0.1) is 12.7 Å². The summed E-state index contributed by atoms with van der Waals surface area (Å²) in [6, 6.07) is 13.1. The summed E-state index contributed by atoms with van der Waals surface area (Å²) < 4.78 is 23.7. The predicted molar refractivity (Wildman–Crippen MR) is 87.3 cm³/mol. The highest BCUT2D eigenvalue weighted by Crippen LogP contribution is 2.14. The van der Waals surface area contributed by atoms with Gasteiger partial charge in [-0.1, -0.05) is 24.3 Å². The number of esters is 1. The van der Waals surface area contributed by atoms with E-state index >= 15 is 0 Å². The molecule has 24 heavy (non-hydrogen) atoms. The van der Waals surface area contributed by atoms with Gasteiger partial charge in [0.2, 0.25) is 0 Å². The van der Waals surface area contributed by atoms with E-state index in [2.05, 4.69) is 5.32 Å². The van der Waals surface area contributed by atoms with Gasteiger partial charge in [0.1, 0.15) is 11.6 Å². The molecular formula is C18H18FNO4. The maximum absolute atomic E-state index is 13.4. The molecular weight excluding hydrogens is 313 g/mol. The fourth-order valence-corrected chi connectivity index (χ4v) is 1.86. The molecule has 0 aliphatic carbocycles. The summed E-state index contributed by atoms with van der Waals surface area (Å²) in [7, 11) is 0. The molecule has 0 aliphatic rings. The number of rotatable bonds is 6. The molecule has 2 aromatic carbocycles. The fourth-order valence-electron chi connectivity index (χ4n) is 1.86. The number of benzene rings is 2. The molecule has 126 valence electrons. The Morgan fingerprint density at radius 2 is 1.88 bits per heavy atom. The standard InChI is InChI=1S/C18H18FNO4/c1-12-8-9-14(10-16(12)19)20-18(22)13(2)24-17(21)11-23-15-6-4-3-5-7-15/h3-10,13H,11H2,1-2H3,(H,20,22). The Hall–Kier alpha value is -2.89. The molecule has 0 heterocycles. The summed E-state index contributed by atoms with van der Waals surface area (Å²) in [5.41, 5.74) is 0.775. The van der Waals surface area contributed by atoms with Crippen molar-refractivity contribution in [3.8, 4) is 5.75 Å². The molecule has 0 fully saturated rings. The van der Waals surface area contributed by atoms with Crippen molar-refractivity contribution in [2.24, 2.45) is 0 Å². The highest BCUT2D eigenvalue weighted by molar-refractivity contribution is 5.95. The molecule has 0 aromatic heterocycles. The average Bonchev–Trinajstić information content (AvgIpc) is 2.57. The minimum atomic E-state index is -1.03. The number of amides is 1. The number of hydrogen-bond donors (Lipinski definition) is 1. The molecule has 5 nitrogen and oxygen atoms in total. The molecule has 0 bridgehead atoms. The van der Waals surface area contributed by atoms with Gasteiger partial charge in [0.05, 0.1) is 0 Å². The Labute approximate surface area is 139 Å². The Bertz CT molecular complexity index is 718. The van der Waals surface area contributed by atoms with Gasteiger partial charge in [0.25, 0.3) is 5.91 Å². The number of nitrogens with one attached hydrogen (secondary N) is 1. The number of carbonyl (C=O) groups excluding carboxylic acids is 2. The Balaban J connectivity index is 1.82. The van der Waals surface area contributed by atoms with Gasteiger partial charge in [-0.05, 0) is 43.7 Å². The van der Waals surface area contributed by atoms with Gasteiger partial charge in [-0.2, -0.15) is 0 Å². The van der Waals surface area contributed by atoms with E-state index in [1.165, 1.54) is 13.0 Å². The summed E-state index contributed by atoms with van der Waals surface area (Å²) in [6.07, 6.45) is -1.03. The van der Waals surface area contributed by atoms with Crippen molar-refractivity contribution >= 4 is 17.6 Å². The van der Waals surface area contributed by atoms with Crippen molar-refractivity contribution < 1.29 is 23.5 Å². The van der Waals surface area contributed by atoms with Gasteiger partial charge in [-0.25, -0.2) is 9.18 Å². The van der Waals surface area contributed by atoms with Crippen LogP contribution in [0.25, 0.3) is 0 Å². The van der Waals surface area contributed by atoms with Crippen LogP contribution in [0.1, 0.15) is 12.5 Å². The summed E-state index contributed by atoms with van der Waals surface area (Å²) in [5, 5.41) is 2.49. The Morgan fingerprint density at radius 1 is 1.17 bits per heavy atom. The first-order chi connectivity index (χ1) is 11.5. The van der Waals surface area contributed by atoms with Crippen LogP contribution < -0.4 is 10.1 Å². The highest BCUT2D eigenvalue weighted by Gasteiger charge is 2.18. The topological polar surface area (TPSA) is 64.6 Å². The van der Waals surface area contributed by atoms with Gasteiger partial charge in [-0.15, -0.1) is 0 Å². The van der Waals surface area contributed by atoms with Crippen molar-refractivity contribution in [2.75, 3.05) is 11.9 Å². The zero-order chi connectivity index (χ0) is 17.5. The summed E-state index contributed by atoms with van der Waals surface area (Å²) >= 11 is 0. The van der Waals surface area contributed by atoms with E-state index in [9.17, 15) is 14.0 Å². The van der Waals surface area contributed by atoms with E-state index < -0.39 is 23.8 Å². The second kappa shape index (κ2) is 8.10. The molecule has 0 spiro atoms. The van der Waals surface area contributed by atoms with E-state index in [0.717, 1.165) is 0 Å². The summed E-state index contributed by atoms with van der Waals surface area (Å²) in [4.78, 5) is 23.7. The molecule has 1 N–H and O–H groups in total. The van der Waals surface area contributed by atoms with Gasteiger partial charge in [0.15, 0.2) is 12.7 Å². The first kappa shape index (κ1) is 17.5. The second-order valence-corrected chi connectivity index (χ2v) is 5.19. The number of ether oxygens (including phenoxy) is 2. The Morgan fingerprint density at radius 3 is 2.54 bits per heavy atom. The van der Waals surface area contributed by atoms with Gasteiger partial charge in [-0.3, -0.25) is 4.79 Å². The monoisotopic (exact) mass is 331 g/mol. The number of anilines is 1. The van der Waals surface area contributed by atoms with Crippen LogP contribution in [0.4, 0.5) is 10.1 Å². The lowest BCUT2D eigenvalue weighted by Gasteiger charge is -2.14. The third-order valence-electron chi connectivity index (χ3n) is 3.22. The van der Waals surface area contributed by atoms with Gasteiger partial charge < -0.3 is 14.8 Å². The zero-order valence-corrected chi connectivity index (χ0v) is 13.4. The smallest absolute Gasteiger partial charge is 0.344 e. The van der Waals surface area contributed by atoms with Crippen LogP contribution in [0.15, 0.2) is 48.5 Å². The summed E-state index contributed by atoms with van der Waals surface area (Å²) in [6.45, 7) is 2.75. The van der Waals surface area contributed by atoms with Crippen molar-refractivity contribution in [3.05, 3.63) is 59.9 Å². The average molecular weight is 331 g/mol. The molecule has 1 unspecified atom stereocenters. The minimum absolute atomic E-state index is 0.298.